The summed E-state index contributed by atoms with van der Waals surface area (Å²) in [4.78, 5) is 0. The molecule has 0 radical (unpaired) electrons. The number of nitrogens with two attached hydrogens (primary N) is 1. The van der Waals surface area contributed by atoms with Crippen LogP contribution >= 0.6 is 11.6 Å². The van der Waals surface area contributed by atoms with E-state index in [0.29, 0.717) is 10.7 Å². The molecule has 2 atom stereocenters. The van der Waals surface area contributed by atoms with Crippen molar-refractivity contribution in [2.24, 2.45) is 0 Å². The maximum absolute atomic E-state index is 11.2. The van der Waals surface area contributed by atoms with Crippen LogP contribution in [0.3, 0.4) is 0 Å². The first-order chi connectivity index (χ1) is 7.91. The molecule has 1 aromatic carbocycles. The van der Waals surface area contributed by atoms with Gasteiger partial charge >= 0.3 is 0 Å². The van der Waals surface area contributed by atoms with Gasteiger partial charge in [0.05, 0.1) is 10.7 Å². The lowest BCUT2D eigenvalue weighted by molar-refractivity contribution is 0.672. The molecule has 0 spiro atoms. The van der Waals surface area contributed by atoms with Gasteiger partial charge in [-0.2, -0.15) is 0 Å². The second-order valence-corrected chi connectivity index (χ2v) is 6.42. The van der Waals surface area contributed by atoms with Crippen LogP contribution < -0.4 is 11.1 Å². The average Bonchev–Trinajstić information content (AvgIpc) is 2.25. The van der Waals surface area contributed by atoms with E-state index < -0.39 is 10.8 Å². The van der Waals surface area contributed by atoms with Crippen LogP contribution in [0.15, 0.2) is 12.1 Å². The van der Waals surface area contributed by atoms with Crippen LogP contribution in [0.2, 0.25) is 5.02 Å². The summed E-state index contributed by atoms with van der Waals surface area (Å²) >= 11 is 5.96. The van der Waals surface area contributed by atoms with Crippen LogP contribution in [-0.2, 0) is 10.8 Å². The highest BCUT2D eigenvalue weighted by atomic mass is 35.5. The van der Waals surface area contributed by atoms with Gasteiger partial charge in [0.2, 0.25) is 0 Å². The molecule has 3 nitrogen and oxygen atoms in total. The Balaban J connectivity index is 2.58. The fraction of sp³-hybridized carbons (Fsp3) is 0.500. The topological polar surface area (TPSA) is 55.1 Å². The number of anilines is 2. The molecule has 17 heavy (non-hydrogen) atoms. The summed E-state index contributed by atoms with van der Waals surface area (Å²) in [5.74, 6) is 0. The van der Waals surface area contributed by atoms with Gasteiger partial charge in [-0.25, -0.2) is 0 Å². The molecule has 0 aliphatic rings. The predicted octanol–water partition coefficient (Wildman–Crippen LogP) is 2.80. The number of rotatable bonds is 5. The maximum Gasteiger partial charge on any atom is 0.0656 e. The van der Waals surface area contributed by atoms with E-state index in [1.165, 1.54) is 0 Å². The van der Waals surface area contributed by atoms with E-state index in [0.717, 1.165) is 24.2 Å². The van der Waals surface area contributed by atoms with E-state index in [2.05, 4.69) is 5.32 Å². The van der Waals surface area contributed by atoms with E-state index in [1.807, 2.05) is 26.0 Å². The third-order valence-corrected chi connectivity index (χ3v) is 4.47. The van der Waals surface area contributed by atoms with Crippen LogP contribution in [-0.4, -0.2) is 22.3 Å². The summed E-state index contributed by atoms with van der Waals surface area (Å²) in [7, 11) is -0.768. The Kier molecular flexibility index (Phi) is 5.28. The SMILES string of the molecule is Cc1cc(N)c(Cl)cc1NCCC(C)S(C)=O. The summed E-state index contributed by atoms with van der Waals surface area (Å²) in [5.41, 5.74) is 8.35. The van der Waals surface area contributed by atoms with Crippen LogP contribution in [0.1, 0.15) is 18.9 Å². The Bertz CT molecular complexity index is 423. The number of benzene rings is 1. The normalized spacial score (nSPS) is 14.4. The molecule has 0 heterocycles. The van der Waals surface area contributed by atoms with E-state index in [9.17, 15) is 4.21 Å². The largest absolute Gasteiger partial charge is 0.398 e. The zero-order valence-corrected chi connectivity index (χ0v) is 12.0. The molecule has 96 valence electrons. The lowest BCUT2D eigenvalue weighted by Crippen LogP contribution is -2.15. The Morgan fingerprint density at radius 1 is 1.53 bits per heavy atom. The molecule has 1 aromatic rings. The van der Waals surface area contributed by atoms with Gasteiger partial charge in [-0.05, 0) is 31.0 Å². The van der Waals surface area contributed by atoms with Crippen molar-refractivity contribution in [2.75, 3.05) is 23.9 Å². The minimum absolute atomic E-state index is 0.201. The van der Waals surface area contributed by atoms with E-state index >= 15 is 0 Å². The van der Waals surface area contributed by atoms with Gasteiger partial charge in [0.25, 0.3) is 0 Å². The van der Waals surface area contributed by atoms with Crippen molar-refractivity contribution in [3.63, 3.8) is 0 Å². The molecule has 5 heteroatoms. The van der Waals surface area contributed by atoms with Crippen LogP contribution in [0.25, 0.3) is 0 Å². The van der Waals surface area contributed by atoms with Crippen LogP contribution in [0, 0.1) is 6.92 Å². The Morgan fingerprint density at radius 3 is 2.76 bits per heavy atom. The van der Waals surface area contributed by atoms with Crippen molar-refractivity contribution >= 4 is 33.8 Å². The zero-order chi connectivity index (χ0) is 13.0. The van der Waals surface area contributed by atoms with Gasteiger partial charge in [0, 0.05) is 34.5 Å². The number of hydrogen-bond donors (Lipinski definition) is 2. The fourth-order valence-electron chi connectivity index (χ4n) is 1.47. The molecular weight excluding hydrogens is 256 g/mol. The van der Waals surface area contributed by atoms with Crippen molar-refractivity contribution in [1.29, 1.82) is 0 Å². The quantitative estimate of drug-likeness (QED) is 0.812. The van der Waals surface area contributed by atoms with Crippen molar-refractivity contribution in [1.82, 2.24) is 0 Å². The number of nitrogen functional groups attached to an aromatic ring is 1. The Hall–Kier alpha value is -0.740. The fourth-order valence-corrected chi connectivity index (χ4v) is 2.08. The minimum atomic E-state index is -0.768. The lowest BCUT2D eigenvalue weighted by Gasteiger charge is -2.13. The molecule has 0 saturated carbocycles. The van der Waals surface area contributed by atoms with Crippen LogP contribution in [0.4, 0.5) is 11.4 Å². The van der Waals surface area contributed by atoms with Gasteiger partial charge < -0.3 is 11.1 Å². The van der Waals surface area contributed by atoms with Gasteiger partial charge in [-0.15, -0.1) is 0 Å². The highest BCUT2D eigenvalue weighted by Crippen LogP contribution is 2.26. The molecular formula is C12H19ClN2OS. The molecule has 0 bridgehead atoms. The summed E-state index contributed by atoms with van der Waals surface area (Å²) in [5, 5.41) is 4.05. The third-order valence-electron chi connectivity index (χ3n) is 2.78. The first-order valence-corrected chi connectivity index (χ1v) is 7.53. The molecule has 2 unspecified atom stereocenters. The molecule has 0 aliphatic carbocycles. The summed E-state index contributed by atoms with van der Waals surface area (Å²) < 4.78 is 11.2. The van der Waals surface area contributed by atoms with Gasteiger partial charge in [0.1, 0.15) is 0 Å². The maximum atomic E-state index is 11.2. The Morgan fingerprint density at radius 2 is 2.18 bits per heavy atom. The molecule has 3 N–H and O–H groups in total. The van der Waals surface area contributed by atoms with Crippen molar-refractivity contribution in [3.8, 4) is 0 Å². The molecule has 1 rings (SSSR count). The highest BCUT2D eigenvalue weighted by molar-refractivity contribution is 7.84. The van der Waals surface area contributed by atoms with Gasteiger partial charge in [-0.1, -0.05) is 18.5 Å². The lowest BCUT2D eigenvalue weighted by atomic mass is 10.1. The smallest absolute Gasteiger partial charge is 0.0656 e. The van der Waals surface area contributed by atoms with Gasteiger partial charge in [0.15, 0.2) is 0 Å². The second-order valence-electron chi connectivity index (χ2n) is 4.21. The average molecular weight is 275 g/mol. The second kappa shape index (κ2) is 6.26. The van der Waals surface area contributed by atoms with E-state index in [1.54, 1.807) is 6.26 Å². The number of hydrogen-bond acceptors (Lipinski definition) is 3. The molecule has 0 aromatic heterocycles. The Labute approximate surface area is 110 Å². The molecule has 0 fully saturated rings. The van der Waals surface area contributed by atoms with Crippen molar-refractivity contribution < 1.29 is 4.21 Å². The zero-order valence-electron chi connectivity index (χ0n) is 10.4. The van der Waals surface area contributed by atoms with E-state index in [-0.39, 0.29) is 5.25 Å². The van der Waals surface area contributed by atoms with E-state index in [4.69, 9.17) is 17.3 Å². The number of nitrogens with one attached hydrogen (secondary N) is 1. The number of halogens is 1. The van der Waals surface area contributed by atoms with Gasteiger partial charge in [-0.3, -0.25) is 4.21 Å². The minimum Gasteiger partial charge on any atom is -0.398 e. The monoisotopic (exact) mass is 274 g/mol. The summed E-state index contributed by atoms with van der Waals surface area (Å²) in [6.45, 7) is 4.75. The standard InChI is InChI=1S/C12H19ClN2OS/c1-8-6-11(14)10(13)7-12(8)15-5-4-9(2)17(3)16/h6-7,9,15H,4-5,14H2,1-3H3. The molecule has 0 aliphatic heterocycles. The predicted molar refractivity (Wildman–Crippen MR) is 77.2 cm³/mol. The third kappa shape index (κ3) is 4.21. The first-order valence-electron chi connectivity index (χ1n) is 5.53. The molecule has 0 amide bonds. The highest BCUT2D eigenvalue weighted by Gasteiger charge is 2.07. The van der Waals surface area contributed by atoms with Crippen molar-refractivity contribution in [3.05, 3.63) is 22.7 Å². The molecule has 0 saturated heterocycles. The van der Waals surface area contributed by atoms with Crippen LogP contribution in [0.5, 0.6) is 0 Å². The van der Waals surface area contributed by atoms with Crippen molar-refractivity contribution in [2.45, 2.75) is 25.5 Å². The first kappa shape index (κ1) is 14.3. The number of aryl methyl sites for hydroxylation is 1. The summed E-state index contributed by atoms with van der Waals surface area (Å²) in [6.07, 6.45) is 2.60. The summed E-state index contributed by atoms with van der Waals surface area (Å²) in [6, 6.07) is 3.69.